The number of halogens is 1. The minimum absolute atomic E-state index is 0.00997. The summed E-state index contributed by atoms with van der Waals surface area (Å²) < 4.78 is 31.1. The van der Waals surface area contributed by atoms with Gasteiger partial charge in [-0.1, -0.05) is 91.3 Å². The molecule has 6 rings (SSSR count). The van der Waals surface area contributed by atoms with Crippen LogP contribution in [0.15, 0.2) is 114 Å². The number of benzene rings is 4. The molecule has 1 aliphatic heterocycles. The highest BCUT2D eigenvalue weighted by Crippen LogP contribution is 2.29. The number of Topliss-reactive ketones (excluding diaryl/α,β-unsaturated/α-hetero) is 2. The maximum Gasteiger partial charge on any atom is 0.408 e. The molecule has 5 aromatic rings. The van der Waals surface area contributed by atoms with Crippen LogP contribution in [0.5, 0.6) is 0 Å². The fourth-order valence-electron chi connectivity index (χ4n) is 6.97. The molecule has 2 heterocycles. The zero-order chi connectivity index (χ0) is 39.3. The van der Waals surface area contributed by atoms with Gasteiger partial charge in [0.05, 0.1) is 18.8 Å². The lowest BCUT2D eigenvalue weighted by molar-refractivity contribution is -0.139. The molecule has 1 aromatic heterocycles. The number of hydrogen-bond acceptors (Lipinski definition) is 9. The van der Waals surface area contributed by atoms with Gasteiger partial charge in [0.15, 0.2) is 11.4 Å². The van der Waals surface area contributed by atoms with Crippen LogP contribution in [0.2, 0.25) is 0 Å². The van der Waals surface area contributed by atoms with Gasteiger partial charge in [-0.3, -0.25) is 14.4 Å². The summed E-state index contributed by atoms with van der Waals surface area (Å²) in [4.78, 5) is 62.0. The monoisotopic (exact) mass is 762 g/mol. The lowest BCUT2D eigenvalue weighted by Gasteiger charge is -2.29. The van der Waals surface area contributed by atoms with E-state index in [2.05, 4.69) is 10.3 Å². The molecule has 4 atom stereocenters. The number of fused-ring (bicyclic) bond motifs is 1. The summed E-state index contributed by atoms with van der Waals surface area (Å²) in [5.74, 6) is -2.39. The van der Waals surface area contributed by atoms with Crippen LogP contribution < -0.4 is 11.1 Å². The van der Waals surface area contributed by atoms with Crippen molar-refractivity contribution in [3.05, 3.63) is 138 Å². The predicted octanol–water partition coefficient (Wildman–Crippen LogP) is 6.97. The number of hydrogen-bond donors (Lipinski definition) is 2. The molecule has 1 aliphatic rings. The number of carbonyl (C=O) groups excluding carboxylic acids is 4. The van der Waals surface area contributed by atoms with Crippen molar-refractivity contribution < 1.29 is 37.5 Å². The molecule has 11 nitrogen and oxygen atoms in total. The molecule has 2 amide bonds. The number of likely N-dealkylation sites (tertiary alicyclic amines) is 1. The Morgan fingerprint density at radius 1 is 0.839 bits per heavy atom. The van der Waals surface area contributed by atoms with E-state index in [0.717, 1.165) is 16.7 Å². The first kappa shape index (κ1) is 40.0. The number of ether oxygens (including phenoxy) is 2. The van der Waals surface area contributed by atoms with Crippen molar-refractivity contribution in [2.75, 3.05) is 13.1 Å². The van der Waals surface area contributed by atoms with Gasteiger partial charge in [-0.2, -0.15) is 0 Å². The molecule has 3 N–H and O–H groups in total. The van der Waals surface area contributed by atoms with Gasteiger partial charge in [0.2, 0.25) is 11.7 Å². The average Bonchev–Trinajstić information content (AvgIpc) is 3.87. The molecule has 0 aliphatic carbocycles. The Kier molecular flexibility index (Phi) is 14.1. The molecule has 0 spiro atoms. The maximum atomic E-state index is 14.6. The first-order chi connectivity index (χ1) is 27.3. The van der Waals surface area contributed by atoms with Crippen LogP contribution in [0, 0.1) is 11.7 Å². The van der Waals surface area contributed by atoms with Gasteiger partial charge in [0.1, 0.15) is 24.0 Å². The Balaban J connectivity index is 1.23. The lowest BCUT2D eigenvalue weighted by atomic mass is 9.89. The minimum atomic E-state index is -1.04. The highest BCUT2D eigenvalue weighted by molar-refractivity contribution is 6.00. The number of nitrogens with two attached hydrogens (primary N) is 1. The second-order valence-electron chi connectivity index (χ2n) is 14.1. The normalized spacial score (nSPS) is 16.4. The molecule has 0 radical (unpaired) electrons. The first-order valence-electron chi connectivity index (χ1n) is 19.1. The van der Waals surface area contributed by atoms with E-state index in [1.165, 1.54) is 17.0 Å². The summed E-state index contributed by atoms with van der Waals surface area (Å²) in [5, 5.41) is 2.77. The standard InChI is InChI=1S/C44H47FN4O7/c45-34-21-18-32(19-22-34)28-54-35-26-38(39(50)25-33(15-9-10-24-46)41(51)42-47-36-16-7-8-17-40(36)56-42)49(27-35)43(52)37(23-20-30-11-3-1-4-12-30)48-44(53)55-29-31-13-5-2-6-14-31/h1-8,11-14,16-19,21-22,33,35,37-38H,9-10,15,20,23-29,46H2,(H,48,53)/t33-,35-,37-,38+/m1/s1. The summed E-state index contributed by atoms with van der Waals surface area (Å²) in [6.07, 6.45) is 1.03. The van der Waals surface area contributed by atoms with Gasteiger partial charge in [-0.25, -0.2) is 14.2 Å². The summed E-state index contributed by atoms with van der Waals surface area (Å²) in [6, 6.07) is 29.8. The zero-order valence-electron chi connectivity index (χ0n) is 31.2. The van der Waals surface area contributed by atoms with Crippen LogP contribution in [-0.4, -0.2) is 64.7 Å². The van der Waals surface area contributed by atoms with E-state index >= 15 is 0 Å². The van der Waals surface area contributed by atoms with Gasteiger partial charge in [-0.05, 0) is 73.2 Å². The number of ketones is 2. The lowest BCUT2D eigenvalue weighted by Crippen LogP contribution is -2.52. The van der Waals surface area contributed by atoms with Crippen LogP contribution in [0.3, 0.4) is 0 Å². The molecule has 0 unspecified atom stereocenters. The number of alkyl carbamates (subject to hydrolysis) is 1. The molecular weight excluding hydrogens is 716 g/mol. The Morgan fingerprint density at radius 3 is 2.23 bits per heavy atom. The minimum Gasteiger partial charge on any atom is -0.445 e. The summed E-state index contributed by atoms with van der Waals surface area (Å²) in [7, 11) is 0. The van der Waals surface area contributed by atoms with Crippen LogP contribution in [0.25, 0.3) is 11.1 Å². The molecular formula is C44H47FN4O7. The summed E-state index contributed by atoms with van der Waals surface area (Å²) in [5.41, 5.74) is 9.26. The predicted molar refractivity (Wildman–Crippen MR) is 208 cm³/mol. The van der Waals surface area contributed by atoms with Crippen molar-refractivity contribution >= 4 is 34.7 Å². The van der Waals surface area contributed by atoms with E-state index in [1.807, 2.05) is 60.7 Å². The van der Waals surface area contributed by atoms with E-state index in [9.17, 15) is 23.6 Å². The number of para-hydroxylation sites is 2. The topological polar surface area (TPSA) is 154 Å². The quantitative estimate of drug-likeness (QED) is 0.0671. The number of oxazole rings is 1. The van der Waals surface area contributed by atoms with Crippen LogP contribution in [0.4, 0.5) is 9.18 Å². The van der Waals surface area contributed by atoms with Crippen molar-refractivity contribution in [1.82, 2.24) is 15.2 Å². The zero-order valence-corrected chi connectivity index (χ0v) is 31.2. The third-order valence-electron chi connectivity index (χ3n) is 10.0. The number of aromatic nitrogens is 1. The fraction of sp³-hybridized carbons (Fsp3) is 0.341. The van der Waals surface area contributed by atoms with Gasteiger partial charge in [0.25, 0.3) is 5.89 Å². The van der Waals surface area contributed by atoms with Gasteiger partial charge in [-0.15, -0.1) is 0 Å². The van der Waals surface area contributed by atoms with Gasteiger partial charge in [0, 0.05) is 25.3 Å². The highest BCUT2D eigenvalue weighted by Gasteiger charge is 2.43. The SMILES string of the molecule is NCCCC[C@H](CC(=O)[C@@H]1C[C@@H](OCc2ccc(F)cc2)CN1C(=O)[C@@H](CCc1ccccc1)NC(=O)OCc1ccccc1)C(=O)c1nc2ccccc2o1. The molecule has 4 aromatic carbocycles. The van der Waals surface area contributed by atoms with Crippen molar-refractivity contribution in [3.8, 4) is 0 Å². The first-order valence-corrected chi connectivity index (χ1v) is 19.1. The number of nitrogens with one attached hydrogen (secondary N) is 1. The molecule has 56 heavy (non-hydrogen) atoms. The van der Waals surface area contributed by atoms with Gasteiger partial charge < -0.3 is 29.8 Å². The van der Waals surface area contributed by atoms with E-state index in [1.54, 1.807) is 36.4 Å². The second-order valence-corrected chi connectivity index (χ2v) is 14.1. The summed E-state index contributed by atoms with van der Waals surface area (Å²) >= 11 is 0. The third kappa shape index (κ3) is 10.9. The highest BCUT2D eigenvalue weighted by atomic mass is 19.1. The smallest absolute Gasteiger partial charge is 0.408 e. The number of unbranched alkanes of at least 4 members (excludes halogenated alkanes) is 1. The second kappa shape index (κ2) is 19.7. The average molecular weight is 763 g/mol. The fourth-order valence-corrected chi connectivity index (χ4v) is 6.97. The molecule has 1 fully saturated rings. The number of amides is 2. The maximum absolute atomic E-state index is 14.6. The van der Waals surface area contributed by atoms with Crippen molar-refractivity contribution in [3.63, 3.8) is 0 Å². The van der Waals surface area contributed by atoms with Crippen LogP contribution >= 0.6 is 0 Å². The number of nitrogens with zero attached hydrogens (tertiary/aromatic N) is 2. The number of rotatable bonds is 19. The largest absolute Gasteiger partial charge is 0.445 e. The van der Waals surface area contributed by atoms with E-state index in [-0.39, 0.29) is 56.5 Å². The van der Waals surface area contributed by atoms with Crippen molar-refractivity contribution in [1.29, 1.82) is 0 Å². The van der Waals surface area contributed by atoms with E-state index in [0.29, 0.717) is 43.3 Å². The number of aryl methyl sites for hydroxylation is 1. The molecule has 0 bridgehead atoms. The Labute approximate surface area is 325 Å². The molecule has 292 valence electrons. The van der Waals surface area contributed by atoms with Crippen LogP contribution in [-0.2, 0) is 38.7 Å². The van der Waals surface area contributed by atoms with Crippen LogP contribution in [0.1, 0.15) is 65.9 Å². The van der Waals surface area contributed by atoms with E-state index in [4.69, 9.17) is 19.6 Å². The summed E-state index contributed by atoms with van der Waals surface area (Å²) in [6.45, 7) is 0.639. The number of carbonyl (C=O) groups is 4. The Hall–Kier alpha value is -5.72. The molecule has 12 heteroatoms. The third-order valence-corrected chi connectivity index (χ3v) is 10.0. The van der Waals surface area contributed by atoms with Crippen molar-refractivity contribution in [2.24, 2.45) is 11.7 Å². The Bertz CT molecular complexity index is 2030. The molecule has 0 saturated carbocycles. The van der Waals surface area contributed by atoms with E-state index < -0.39 is 41.9 Å². The van der Waals surface area contributed by atoms with Crippen molar-refractivity contribution in [2.45, 2.75) is 76.3 Å². The Morgan fingerprint density at radius 2 is 1.52 bits per heavy atom. The molecule has 1 saturated heterocycles. The van der Waals surface area contributed by atoms with Gasteiger partial charge >= 0.3 is 6.09 Å².